The topological polar surface area (TPSA) is 108 Å². The quantitative estimate of drug-likeness (QED) is 0.0272. The maximum absolute atomic E-state index is 13.0. The molecule has 3 unspecified atom stereocenters. The smallest absolute Gasteiger partial charge is 0.268 e. The van der Waals surface area contributed by atoms with E-state index in [0.29, 0.717) is 17.4 Å². The van der Waals surface area contributed by atoms with E-state index >= 15 is 0 Å². The number of carbonyl (C=O) groups excluding carboxylic acids is 1. The van der Waals surface area contributed by atoms with Gasteiger partial charge in [0, 0.05) is 6.42 Å². The van der Waals surface area contributed by atoms with E-state index in [9.17, 15) is 19.4 Å². The molecule has 86 heavy (non-hydrogen) atoms. The fraction of sp³-hybridized carbons (Fsp3) is 0.857. The first-order valence-electron chi connectivity index (χ1n) is 37.7. The van der Waals surface area contributed by atoms with Crippen molar-refractivity contribution < 1.29 is 32.9 Å². The number of nitrogens with zero attached hydrogens (tertiary/aromatic N) is 1. The van der Waals surface area contributed by atoms with Crippen LogP contribution in [-0.2, 0) is 18.4 Å². The number of aliphatic hydroxyl groups excluding tert-OH is 1. The van der Waals surface area contributed by atoms with Gasteiger partial charge in [0.2, 0.25) is 5.91 Å². The first kappa shape index (κ1) is 84.2. The number of phosphoric acid groups is 1. The lowest BCUT2D eigenvalue weighted by Gasteiger charge is -2.29. The lowest BCUT2D eigenvalue weighted by Crippen LogP contribution is -2.45. The molecule has 0 rings (SSSR count). The highest BCUT2D eigenvalue weighted by Gasteiger charge is 2.23. The van der Waals surface area contributed by atoms with Crippen molar-refractivity contribution in [2.24, 2.45) is 0 Å². The van der Waals surface area contributed by atoms with Crippen molar-refractivity contribution in [1.82, 2.24) is 5.32 Å². The molecule has 0 fully saturated rings. The zero-order valence-corrected chi connectivity index (χ0v) is 58.9. The van der Waals surface area contributed by atoms with Gasteiger partial charge in [-0.25, -0.2) is 0 Å². The average molecular weight is 1230 g/mol. The van der Waals surface area contributed by atoms with Crippen LogP contribution in [0, 0.1) is 0 Å². The van der Waals surface area contributed by atoms with Crippen LogP contribution in [0.5, 0.6) is 0 Å². The van der Waals surface area contributed by atoms with Crippen LogP contribution in [0.2, 0.25) is 0 Å². The Balaban J connectivity index is 3.98. The zero-order valence-electron chi connectivity index (χ0n) is 58.0. The number of likely N-dealkylation sites (N-methyl/N-ethyl adjacent to an activating group) is 1. The maximum Gasteiger partial charge on any atom is 0.268 e. The molecule has 9 heteroatoms. The van der Waals surface area contributed by atoms with Crippen LogP contribution in [0.1, 0.15) is 373 Å². The van der Waals surface area contributed by atoms with Gasteiger partial charge in [0.05, 0.1) is 39.9 Å². The van der Waals surface area contributed by atoms with Gasteiger partial charge in [0.25, 0.3) is 7.82 Å². The largest absolute Gasteiger partial charge is 0.756 e. The zero-order chi connectivity index (χ0) is 62.6. The standard InChI is InChI=1S/C77H147N2O6P/c1-6-8-10-12-14-16-18-20-22-24-26-28-30-32-33-34-35-36-37-38-39-40-41-42-43-44-45-47-49-51-53-55-57-59-61-63-65-67-69-71-77(81)78-75(74-85-86(82,83)84-73-72-79(3,4)5)76(80)70-68-66-64-62-60-58-56-54-52-50-48-46-31-29-27-25-23-21-19-17-15-13-11-9-7-2/h18,20,24,26,30,32,60,62,68,70,75-76,80H,6-17,19,21-23,25,27-29,31,33-59,61,63-67,69,71-74H2,1-5H3,(H-,78,81,82,83)/b20-18-,26-24-,32-30-,62-60+,70-68+. The number of phosphoric ester groups is 1. The SMILES string of the molecule is CCCCCCC/C=C\C/C=C\C/C=C\CCCCCCCCCCCCCCCCCCCCCCCCCCC(=O)NC(COP(=O)([O-])OCC[N+](C)(C)C)C(O)/C=C/CC/C=C/CCCCCCCCCCCCCCCCCCCCC. The van der Waals surface area contributed by atoms with Crippen LogP contribution in [0.25, 0.3) is 0 Å². The molecule has 0 aliphatic carbocycles. The molecule has 3 atom stereocenters. The highest BCUT2D eigenvalue weighted by Crippen LogP contribution is 2.38. The second-order valence-corrected chi connectivity index (χ2v) is 28.4. The lowest BCUT2D eigenvalue weighted by molar-refractivity contribution is -0.870. The van der Waals surface area contributed by atoms with Gasteiger partial charge < -0.3 is 28.8 Å². The second kappa shape index (κ2) is 67.6. The number of rotatable bonds is 70. The predicted molar refractivity (Wildman–Crippen MR) is 376 cm³/mol. The van der Waals surface area contributed by atoms with Crippen molar-refractivity contribution in [3.8, 4) is 0 Å². The summed E-state index contributed by atoms with van der Waals surface area (Å²) in [4.78, 5) is 25.7. The number of aliphatic hydroxyl groups is 1. The Morgan fingerprint density at radius 1 is 0.407 bits per heavy atom. The summed E-state index contributed by atoms with van der Waals surface area (Å²) in [6, 6.07) is -0.905. The van der Waals surface area contributed by atoms with E-state index in [4.69, 9.17) is 9.05 Å². The molecular formula is C77H147N2O6P. The highest BCUT2D eigenvalue weighted by molar-refractivity contribution is 7.45. The Hall–Kier alpha value is -1.80. The summed E-state index contributed by atoms with van der Waals surface area (Å²) in [5, 5.41) is 14.0. The molecule has 0 aromatic heterocycles. The molecule has 0 heterocycles. The molecule has 0 aromatic rings. The van der Waals surface area contributed by atoms with Crippen molar-refractivity contribution in [2.75, 3.05) is 40.9 Å². The molecule has 8 nitrogen and oxygen atoms in total. The Kier molecular flexibility index (Phi) is 66.2. The van der Waals surface area contributed by atoms with Gasteiger partial charge in [-0.1, -0.05) is 357 Å². The van der Waals surface area contributed by atoms with E-state index in [1.165, 1.54) is 302 Å². The number of unbranched alkanes of at least 4 members (excludes halogenated alkanes) is 49. The summed E-state index contributed by atoms with van der Waals surface area (Å²) in [5.74, 6) is -0.200. The molecule has 0 aliphatic rings. The van der Waals surface area contributed by atoms with Gasteiger partial charge in [-0.15, -0.1) is 0 Å². The monoisotopic (exact) mass is 1230 g/mol. The third-order valence-corrected chi connectivity index (χ3v) is 18.2. The Labute approximate surface area is 536 Å². The summed E-state index contributed by atoms with van der Waals surface area (Å²) in [5.41, 5.74) is 0. The minimum Gasteiger partial charge on any atom is -0.756 e. The molecular weight excluding hydrogens is 1080 g/mol. The number of amides is 1. The summed E-state index contributed by atoms with van der Waals surface area (Å²) >= 11 is 0. The number of nitrogens with one attached hydrogen (secondary N) is 1. The van der Waals surface area contributed by atoms with E-state index in [1.807, 2.05) is 27.2 Å². The van der Waals surface area contributed by atoms with E-state index in [0.717, 1.165) is 51.4 Å². The fourth-order valence-electron chi connectivity index (χ4n) is 11.4. The molecule has 1 amide bonds. The van der Waals surface area contributed by atoms with Gasteiger partial charge >= 0.3 is 0 Å². The number of hydrogen-bond donors (Lipinski definition) is 2. The molecule has 506 valence electrons. The van der Waals surface area contributed by atoms with Crippen LogP contribution in [0.15, 0.2) is 60.8 Å². The number of quaternary nitrogens is 1. The van der Waals surface area contributed by atoms with Crippen LogP contribution in [0.3, 0.4) is 0 Å². The van der Waals surface area contributed by atoms with Gasteiger partial charge in [0.15, 0.2) is 0 Å². The van der Waals surface area contributed by atoms with Gasteiger partial charge in [-0.3, -0.25) is 9.36 Å². The first-order valence-corrected chi connectivity index (χ1v) is 39.1. The van der Waals surface area contributed by atoms with Crippen molar-refractivity contribution in [3.05, 3.63) is 60.8 Å². The van der Waals surface area contributed by atoms with Crippen molar-refractivity contribution in [3.63, 3.8) is 0 Å². The Morgan fingerprint density at radius 3 is 1.02 bits per heavy atom. The van der Waals surface area contributed by atoms with Crippen molar-refractivity contribution in [2.45, 2.75) is 386 Å². The summed E-state index contributed by atoms with van der Waals surface area (Å²) < 4.78 is 23.5. The van der Waals surface area contributed by atoms with Crippen LogP contribution in [-0.4, -0.2) is 68.5 Å². The third kappa shape index (κ3) is 69.7. The fourth-order valence-corrected chi connectivity index (χ4v) is 12.1. The Bertz CT molecular complexity index is 1590. The van der Waals surface area contributed by atoms with E-state index in [2.05, 4.69) is 67.8 Å². The second-order valence-electron chi connectivity index (χ2n) is 27.0. The average Bonchev–Trinajstić information content (AvgIpc) is 3.70. The minimum absolute atomic E-state index is 0.00539. The number of hydrogen-bond acceptors (Lipinski definition) is 6. The molecule has 2 N–H and O–H groups in total. The van der Waals surface area contributed by atoms with Gasteiger partial charge in [-0.2, -0.15) is 0 Å². The van der Waals surface area contributed by atoms with Crippen molar-refractivity contribution >= 4 is 13.7 Å². The molecule has 0 spiro atoms. The number of carbonyl (C=O) groups is 1. The van der Waals surface area contributed by atoms with Gasteiger partial charge in [-0.05, 0) is 70.6 Å². The summed E-state index contributed by atoms with van der Waals surface area (Å²) in [7, 11) is 1.26. The maximum atomic E-state index is 13.0. The molecule has 0 saturated carbocycles. The Morgan fingerprint density at radius 2 is 0.686 bits per heavy atom. The van der Waals surface area contributed by atoms with E-state index in [-0.39, 0.29) is 19.1 Å². The normalized spacial score (nSPS) is 13.9. The summed E-state index contributed by atoms with van der Waals surface area (Å²) in [6.07, 6.45) is 93.7. The molecule has 0 aromatic carbocycles. The lowest BCUT2D eigenvalue weighted by atomic mass is 10.0. The van der Waals surface area contributed by atoms with E-state index < -0.39 is 20.0 Å². The molecule has 0 saturated heterocycles. The minimum atomic E-state index is -4.61. The van der Waals surface area contributed by atoms with Crippen LogP contribution < -0.4 is 10.2 Å². The van der Waals surface area contributed by atoms with Gasteiger partial charge in [0.1, 0.15) is 13.2 Å². The van der Waals surface area contributed by atoms with Crippen molar-refractivity contribution in [1.29, 1.82) is 0 Å². The predicted octanol–water partition coefficient (Wildman–Crippen LogP) is 23.7. The number of allylic oxidation sites excluding steroid dienone is 9. The van der Waals surface area contributed by atoms with Crippen LogP contribution in [0.4, 0.5) is 0 Å². The van der Waals surface area contributed by atoms with E-state index in [1.54, 1.807) is 6.08 Å². The molecule has 0 aliphatic heterocycles. The summed E-state index contributed by atoms with van der Waals surface area (Å²) in [6.45, 7) is 4.67. The molecule has 0 radical (unpaired) electrons. The van der Waals surface area contributed by atoms with Crippen LogP contribution >= 0.6 is 7.82 Å². The molecule has 0 bridgehead atoms. The highest BCUT2D eigenvalue weighted by atomic mass is 31.2. The first-order chi connectivity index (χ1) is 42.0. The third-order valence-electron chi connectivity index (χ3n) is 17.2.